The molecule has 1 aromatic carbocycles. The maximum Gasteiger partial charge on any atom is 0.239 e. The van der Waals surface area contributed by atoms with Gasteiger partial charge in [-0.15, -0.1) is 0 Å². The van der Waals surface area contributed by atoms with Crippen LogP contribution in [0.4, 0.5) is 5.69 Å². The molecule has 0 aliphatic heterocycles. The van der Waals surface area contributed by atoms with E-state index in [1.54, 1.807) is 19.3 Å². The van der Waals surface area contributed by atoms with Gasteiger partial charge in [-0.3, -0.25) is 10.1 Å². The van der Waals surface area contributed by atoms with Gasteiger partial charge in [0.15, 0.2) is 0 Å². The Morgan fingerprint density at radius 1 is 1.32 bits per heavy atom. The topological polar surface area (TPSA) is 64.4 Å². The van der Waals surface area contributed by atoms with Crippen LogP contribution in [0.5, 0.6) is 5.75 Å². The minimum absolute atomic E-state index is 0.179. The monoisotopic (exact) mass is 260 g/mol. The summed E-state index contributed by atoms with van der Waals surface area (Å²) in [6.07, 6.45) is 5.21. The van der Waals surface area contributed by atoms with Gasteiger partial charge in [0.1, 0.15) is 5.75 Å². The number of nitro groups is 1. The van der Waals surface area contributed by atoms with Crippen molar-refractivity contribution in [3.63, 3.8) is 0 Å². The molecule has 0 saturated heterocycles. The first-order valence-corrected chi connectivity index (χ1v) is 6.05. The predicted molar refractivity (Wildman–Crippen MR) is 73.8 cm³/mol. The van der Waals surface area contributed by atoms with Crippen LogP contribution in [0.15, 0.2) is 48.2 Å². The van der Waals surface area contributed by atoms with Crippen LogP contribution in [-0.2, 0) is 0 Å². The van der Waals surface area contributed by atoms with E-state index in [-0.39, 0.29) is 10.8 Å². The second-order valence-corrected chi connectivity index (χ2v) is 4.43. The zero-order valence-corrected chi connectivity index (χ0v) is 10.9. The molecule has 0 saturated carbocycles. The van der Waals surface area contributed by atoms with Gasteiger partial charge in [0.2, 0.25) is 6.04 Å². The number of hydrogen-bond acceptors (Lipinski definition) is 4. The first-order chi connectivity index (χ1) is 9.11. The number of rotatable bonds is 4. The van der Waals surface area contributed by atoms with E-state index in [1.807, 2.05) is 37.3 Å². The summed E-state index contributed by atoms with van der Waals surface area (Å²) in [5.41, 5.74) is 1.73. The lowest BCUT2D eigenvalue weighted by Crippen LogP contribution is -2.30. The zero-order chi connectivity index (χ0) is 13.8. The van der Waals surface area contributed by atoms with Crippen LogP contribution in [0.3, 0.4) is 0 Å². The summed E-state index contributed by atoms with van der Waals surface area (Å²) < 4.78 is 5.09. The molecule has 0 amide bonds. The van der Waals surface area contributed by atoms with E-state index < -0.39 is 6.04 Å². The van der Waals surface area contributed by atoms with Crippen molar-refractivity contribution in [2.45, 2.75) is 13.0 Å². The van der Waals surface area contributed by atoms with Crippen molar-refractivity contribution in [1.82, 2.24) is 0 Å². The quantitative estimate of drug-likeness (QED) is 0.667. The number of nitrogens with one attached hydrogen (secondary N) is 1. The van der Waals surface area contributed by atoms with Crippen molar-refractivity contribution in [3.8, 4) is 5.75 Å². The molecule has 2 unspecified atom stereocenters. The van der Waals surface area contributed by atoms with Crippen LogP contribution in [-0.4, -0.2) is 18.1 Å². The van der Waals surface area contributed by atoms with E-state index in [0.717, 1.165) is 17.1 Å². The van der Waals surface area contributed by atoms with Gasteiger partial charge in [-0.25, -0.2) is 0 Å². The van der Waals surface area contributed by atoms with Crippen molar-refractivity contribution < 1.29 is 9.66 Å². The molecular weight excluding hydrogens is 244 g/mol. The molecule has 5 heteroatoms. The van der Waals surface area contributed by atoms with Crippen LogP contribution in [0.2, 0.25) is 0 Å². The summed E-state index contributed by atoms with van der Waals surface area (Å²) >= 11 is 0. The lowest BCUT2D eigenvalue weighted by molar-refractivity contribution is -0.516. The second-order valence-electron chi connectivity index (χ2n) is 4.43. The van der Waals surface area contributed by atoms with E-state index in [9.17, 15) is 10.1 Å². The van der Waals surface area contributed by atoms with Gasteiger partial charge in [-0.1, -0.05) is 6.08 Å². The highest BCUT2D eigenvalue weighted by Crippen LogP contribution is 2.25. The van der Waals surface area contributed by atoms with Crippen LogP contribution < -0.4 is 10.1 Å². The van der Waals surface area contributed by atoms with Crippen LogP contribution in [0, 0.1) is 16.0 Å². The van der Waals surface area contributed by atoms with Gasteiger partial charge in [0.25, 0.3) is 0 Å². The average molecular weight is 260 g/mol. The Bertz CT molecular complexity index is 520. The SMILES string of the molecule is COc1ccc(NC2=CC=CC([N+](=O)[O-])C2C)cc1. The molecule has 0 fully saturated rings. The molecule has 2 atom stereocenters. The number of ether oxygens (including phenoxy) is 1. The largest absolute Gasteiger partial charge is 0.497 e. The van der Waals surface area contributed by atoms with Crippen LogP contribution in [0.25, 0.3) is 0 Å². The number of allylic oxidation sites excluding steroid dienone is 2. The van der Waals surface area contributed by atoms with Gasteiger partial charge in [-0.2, -0.15) is 0 Å². The molecule has 1 aliphatic carbocycles. The fourth-order valence-electron chi connectivity index (χ4n) is 2.02. The van der Waals surface area contributed by atoms with Gasteiger partial charge >= 0.3 is 0 Å². The number of nitrogens with zero attached hydrogens (tertiary/aromatic N) is 1. The van der Waals surface area contributed by atoms with E-state index in [1.165, 1.54) is 0 Å². The molecule has 19 heavy (non-hydrogen) atoms. The normalized spacial score (nSPS) is 21.7. The predicted octanol–water partition coefficient (Wildman–Crippen LogP) is 2.84. The fraction of sp³-hybridized carbons (Fsp3) is 0.286. The molecule has 0 spiro atoms. The smallest absolute Gasteiger partial charge is 0.239 e. The van der Waals surface area contributed by atoms with Gasteiger partial charge in [-0.05, 0) is 43.3 Å². The zero-order valence-electron chi connectivity index (χ0n) is 10.9. The van der Waals surface area contributed by atoms with Crippen LogP contribution >= 0.6 is 0 Å². The van der Waals surface area contributed by atoms with Crippen LogP contribution in [0.1, 0.15) is 6.92 Å². The average Bonchev–Trinajstić information content (AvgIpc) is 2.41. The Balaban J connectivity index is 2.11. The molecule has 0 radical (unpaired) electrons. The van der Waals surface area contributed by atoms with Gasteiger partial charge < -0.3 is 10.1 Å². The molecule has 5 nitrogen and oxygen atoms in total. The first kappa shape index (κ1) is 13.1. The Hall–Kier alpha value is -2.30. The molecule has 1 N–H and O–H groups in total. The standard InChI is InChI=1S/C14H16N2O3/c1-10-13(4-3-5-14(10)16(17)18)15-11-6-8-12(19-2)9-7-11/h3-10,14-15H,1-2H3. The van der Waals surface area contributed by atoms with Crippen molar-refractivity contribution >= 4 is 5.69 Å². The van der Waals surface area contributed by atoms with Gasteiger partial charge in [0.05, 0.1) is 13.0 Å². The minimum Gasteiger partial charge on any atom is -0.497 e. The summed E-state index contributed by atoms with van der Waals surface area (Å²) in [6, 6.07) is 6.78. The highest BCUT2D eigenvalue weighted by Gasteiger charge is 2.29. The number of hydrogen-bond donors (Lipinski definition) is 1. The highest BCUT2D eigenvalue weighted by molar-refractivity contribution is 5.52. The molecule has 1 aliphatic rings. The summed E-state index contributed by atoms with van der Waals surface area (Å²) in [5, 5.41) is 14.1. The van der Waals surface area contributed by atoms with E-state index in [4.69, 9.17) is 4.74 Å². The molecule has 1 aromatic rings. The molecule has 100 valence electrons. The second kappa shape index (κ2) is 5.56. The Kier molecular flexibility index (Phi) is 3.85. The van der Waals surface area contributed by atoms with Crippen molar-refractivity contribution in [3.05, 3.63) is 58.3 Å². The molecule has 0 heterocycles. The van der Waals surface area contributed by atoms with Crippen molar-refractivity contribution in [1.29, 1.82) is 0 Å². The third-order valence-corrected chi connectivity index (χ3v) is 3.21. The number of anilines is 1. The van der Waals surface area contributed by atoms with E-state index >= 15 is 0 Å². The Labute approximate surface area is 111 Å². The third-order valence-electron chi connectivity index (χ3n) is 3.21. The van der Waals surface area contributed by atoms with E-state index in [0.29, 0.717) is 0 Å². The Morgan fingerprint density at radius 2 is 2.00 bits per heavy atom. The molecular formula is C14H16N2O3. The summed E-state index contributed by atoms with van der Waals surface area (Å²) in [7, 11) is 1.61. The minimum atomic E-state index is -0.675. The van der Waals surface area contributed by atoms with Gasteiger partial charge in [0, 0.05) is 16.3 Å². The summed E-state index contributed by atoms with van der Waals surface area (Å²) in [4.78, 5) is 10.7. The third kappa shape index (κ3) is 2.93. The number of benzene rings is 1. The lowest BCUT2D eigenvalue weighted by Gasteiger charge is -2.22. The molecule has 0 bridgehead atoms. The maximum absolute atomic E-state index is 10.9. The van der Waals surface area contributed by atoms with Crippen molar-refractivity contribution in [2.24, 2.45) is 5.92 Å². The Morgan fingerprint density at radius 3 is 2.58 bits per heavy atom. The van der Waals surface area contributed by atoms with Crippen molar-refractivity contribution in [2.75, 3.05) is 12.4 Å². The number of methoxy groups -OCH3 is 1. The lowest BCUT2D eigenvalue weighted by atomic mass is 9.94. The fourth-order valence-corrected chi connectivity index (χ4v) is 2.02. The van der Waals surface area contributed by atoms with E-state index in [2.05, 4.69) is 5.32 Å². The summed E-state index contributed by atoms with van der Waals surface area (Å²) in [6.45, 7) is 1.85. The first-order valence-electron chi connectivity index (χ1n) is 6.05. The highest BCUT2D eigenvalue weighted by atomic mass is 16.6. The summed E-state index contributed by atoms with van der Waals surface area (Å²) in [5.74, 6) is 0.599. The maximum atomic E-state index is 10.9. The molecule has 2 rings (SSSR count). The molecule has 0 aromatic heterocycles.